The van der Waals surface area contributed by atoms with Crippen LogP contribution in [0.5, 0.6) is 23.0 Å². The van der Waals surface area contributed by atoms with Crippen LogP contribution in [0, 0.1) is 0 Å². The largest absolute Gasteiger partial charge is 0.497 e. The lowest BCUT2D eigenvalue weighted by Crippen LogP contribution is -1.95. The Morgan fingerprint density at radius 3 is 2.25 bits per heavy atom. The van der Waals surface area contributed by atoms with Crippen LogP contribution < -0.4 is 24.4 Å². The van der Waals surface area contributed by atoms with E-state index in [0.717, 1.165) is 28.3 Å². The Kier molecular flexibility index (Phi) is 6.33. The summed E-state index contributed by atoms with van der Waals surface area (Å²) in [5.74, 6) is 2.82. The van der Waals surface area contributed by atoms with Crippen molar-refractivity contribution < 1.29 is 18.9 Å². The number of thiazole rings is 1. The highest BCUT2D eigenvalue weighted by Crippen LogP contribution is 2.34. The predicted molar refractivity (Wildman–Crippen MR) is 111 cm³/mol. The molecule has 1 aromatic heterocycles. The van der Waals surface area contributed by atoms with Gasteiger partial charge in [0.05, 0.1) is 40.3 Å². The normalized spacial score (nSPS) is 10.7. The molecule has 0 radical (unpaired) electrons. The average molecular weight is 399 g/mol. The minimum absolute atomic E-state index is 0.664. The Bertz CT molecular complexity index is 972. The first-order valence-electron chi connectivity index (χ1n) is 8.37. The van der Waals surface area contributed by atoms with Crippen molar-refractivity contribution in [2.75, 3.05) is 33.9 Å². The van der Waals surface area contributed by atoms with Gasteiger partial charge in [0, 0.05) is 28.6 Å². The topological polar surface area (TPSA) is 74.2 Å². The fourth-order valence-electron chi connectivity index (χ4n) is 2.54. The number of rotatable bonds is 8. The summed E-state index contributed by atoms with van der Waals surface area (Å²) >= 11 is 1.45. The highest BCUT2D eigenvalue weighted by Gasteiger charge is 2.11. The van der Waals surface area contributed by atoms with E-state index in [1.165, 1.54) is 11.3 Å². The Morgan fingerprint density at radius 2 is 1.57 bits per heavy atom. The van der Waals surface area contributed by atoms with Crippen LogP contribution in [0.1, 0.15) is 5.56 Å². The number of hydrogen-bond donors (Lipinski definition) is 1. The number of hydrazone groups is 1. The Morgan fingerprint density at radius 1 is 0.893 bits per heavy atom. The van der Waals surface area contributed by atoms with Crippen molar-refractivity contribution in [3.05, 3.63) is 47.3 Å². The summed E-state index contributed by atoms with van der Waals surface area (Å²) in [5.41, 5.74) is 5.45. The maximum absolute atomic E-state index is 5.45. The minimum atomic E-state index is 0.664. The molecule has 0 aliphatic carbocycles. The molecule has 0 aliphatic rings. The van der Waals surface area contributed by atoms with Crippen LogP contribution in [0.2, 0.25) is 0 Å². The second kappa shape index (κ2) is 9.09. The maximum atomic E-state index is 5.45. The fraction of sp³-hybridized carbons (Fsp3) is 0.200. The monoisotopic (exact) mass is 399 g/mol. The molecular formula is C20H21N3O4S. The van der Waals surface area contributed by atoms with Gasteiger partial charge in [-0.05, 0) is 24.3 Å². The molecule has 3 rings (SSSR count). The SMILES string of the molecule is COc1ccc(/C=N\Nc2nc(-c3ccc(OC)cc3OC)cs2)c(OC)c1. The van der Waals surface area contributed by atoms with Gasteiger partial charge >= 0.3 is 0 Å². The van der Waals surface area contributed by atoms with Gasteiger partial charge in [0.15, 0.2) is 0 Å². The Labute approximate surface area is 167 Å². The summed E-state index contributed by atoms with van der Waals surface area (Å²) < 4.78 is 21.2. The smallest absolute Gasteiger partial charge is 0.203 e. The van der Waals surface area contributed by atoms with E-state index in [-0.39, 0.29) is 0 Å². The number of aromatic nitrogens is 1. The second-order valence-electron chi connectivity index (χ2n) is 5.58. The highest BCUT2D eigenvalue weighted by atomic mass is 32.1. The molecule has 2 aromatic carbocycles. The summed E-state index contributed by atoms with van der Waals surface area (Å²) in [7, 11) is 6.46. The standard InChI is InChI=1S/C20H21N3O4S/c1-24-14-6-5-13(18(9-14)26-3)11-21-23-20-22-17(12-28-20)16-8-7-15(25-2)10-19(16)27-4/h5-12H,1-4H3,(H,22,23)/b21-11-. The first-order chi connectivity index (χ1) is 13.7. The third-order valence-corrected chi connectivity index (χ3v) is 4.74. The molecule has 0 atom stereocenters. The molecule has 0 saturated heterocycles. The molecule has 0 bridgehead atoms. The summed E-state index contributed by atoms with van der Waals surface area (Å²) in [4.78, 5) is 4.57. The number of benzene rings is 2. The zero-order chi connectivity index (χ0) is 19.9. The molecular weight excluding hydrogens is 378 g/mol. The number of ether oxygens (including phenoxy) is 4. The summed E-state index contributed by atoms with van der Waals surface area (Å²) in [6, 6.07) is 11.1. The Hall–Kier alpha value is -3.26. The van der Waals surface area contributed by atoms with Crippen molar-refractivity contribution in [1.29, 1.82) is 0 Å². The van der Waals surface area contributed by atoms with E-state index in [0.29, 0.717) is 16.6 Å². The summed E-state index contributed by atoms with van der Waals surface area (Å²) in [6.45, 7) is 0. The first-order valence-corrected chi connectivity index (χ1v) is 9.25. The molecule has 0 aliphatic heterocycles. The lowest BCUT2D eigenvalue weighted by Gasteiger charge is -2.08. The zero-order valence-electron chi connectivity index (χ0n) is 16.1. The lowest BCUT2D eigenvalue weighted by molar-refractivity contribution is 0.394. The molecule has 0 unspecified atom stereocenters. The first kappa shape index (κ1) is 19.5. The van der Waals surface area contributed by atoms with Crippen molar-refractivity contribution in [2.24, 2.45) is 5.10 Å². The van der Waals surface area contributed by atoms with Gasteiger partial charge in [0.25, 0.3) is 0 Å². The summed E-state index contributed by atoms with van der Waals surface area (Å²) in [5, 5.41) is 6.86. The lowest BCUT2D eigenvalue weighted by atomic mass is 10.1. The quantitative estimate of drug-likeness (QED) is 0.450. The number of nitrogens with one attached hydrogen (secondary N) is 1. The van der Waals surface area contributed by atoms with E-state index in [2.05, 4.69) is 15.5 Å². The molecule has 0 spiro atoms. The van der Waals surface area contributed by atoms with Crippen molar-refractivity contribution in [3.63, 3.8) is 0 Å². The summed E-state index contributed by atoms with van der Waals surface area (Å²) in [6.07, 6.45) is 1.67. The molecule has 0 saturated carbocycles. The molecule has 0 fully saturated rings. The molecule has 146 valence electrons. The van der Waals surface area contributed by atoms with Crippen molar-refractivity contribution >= 4 is 22.7 Å². The maximum Gasteiger partial charge on any atom is 0.203 e. The number of methoxy groups -OCH3 is 4. The third-order valence-electron chi connectivity index (χ3n) is 3.99. The highest BCUT2D eigenvalue weighted by molar-refractivity contribution is 7.14. The van der Waals surface area contributed by atoms with E-state index in [1.807, 2.05) is 35.7 Å². The van der Waals surface area contributed by atoms with Crippen LogP contribution >= 0.6 is 11.3 Å². The number of anilines is 1. The number of nitrogens with zero attached hydrogens (tertiary/aromatic N) is 2. The van der Waals surface area contributed by atoms with Crippen LogP contribution in [-0.2, 0) is 0 Å². The minimum Gasteiger partial charge on any atom is -0.497 e. The van der Waals surface area contributed by atoms with E-state index in [9.17, 15) is 0 Å². The molecule has 7 nitrogen and oxygen atoms in total. The zero-order valence-corrected chi connectivity index (χ0v) is 16.9. The Balaban J connectivity index is 1.74. The van der Waals surface area contributed by atoms with Crippen LogP contribution in [0.3, 0.4) is 0 Å². The van der Waals surface area contributed by atoms with Gasteiger partial charge in [-0.3, -0.25) is 5.43 Å². The van der Waals surface area contributed by atoms with E-state index in [4.69, 9.17) is 18.9 Å². The third kappa shape index (κ3) is 4.34. The second-order valence-corrected chi connectivity index (χ2v) is 6.44. The van der Waals surface area contributed by atoms with E-state index in [1.54, 1.807) is 40.7 Å². The van der Waals surface area contributed by atoms with Crippen LogP contribution in [-0.4, -0.2) is 39.6 Å². The van der Waals surface area contributed by atoms with Gasteiger partial charge in [0.1, 0.15) is 23.0 Å². The molecule has 28 heavy (non-hydrogen) atoms. The van der Waals surface area contributed by atoms with Gasteiger partial charge in [0.2, 0.25) is 5.13 Å². The average Bonchev–Trinajstić information content (AvgIpc) is 3.22. The molecule has 1 heterocycles. The van der Waals surface area contributed by atoms with Crippen molar-refractivity contribution in [3.8, 4) is 34.3 Å². The van der Waals surface area contributed by atoms with Gasteiger partial charge in [-0.25, -0.2) is 4.98 Å². The molecule has 1 N–H and O–H groups in total. The van der Waals surface area contributed by atoms with Gasteiger partial charge < -0.3 is 18.9 Å². The van der Waals surface area contributed by atoms with E-state index >= 15 is 0 Å². The van der Waals surface area contributed by atoms with Gasteiger partial charge in [-0.15, -0.1) is 11.3 Å². The van der Waals surface area contributed by atoms with Gasteiger partial charge in [-0.1, -0.05) is 0 Å². The molecule has 3 aromatic rings. The van der Waals surface area contributed by atoms with Crippen LogP contribution in [0.15, 0.2) is 46.9 Å². The van der Waals surface area contributed by atoms with E-state index < -0.39 is 0 Å². The van der Waals surface area contributed by atoms with Crippen molar-refractivity contribution in [1.82, 2.24) is 4.98 Å². The van der Waals surface area contributed by atoms with Crippen LogP contribution in [0.25, 0.3) is 11.3 Å². The van der Waals surface area contributed by atoms with Crippen molar-refractivity contribution in [2.45, 2.75) is 0 Å². The fourth-order valence-corrected chi connectivity index (χ4v) is 3.20. The number of hydrogen-bond acceptors (Lipinski definition) is 8. The molecule has 0 amide bonds. The molecule has 8 heteroatoms. The predicted octanol–water partition coefficient (Wildman–Crippen LogP) is 4.29. The van der Waals surface area contributed by atoms with Crippen LogP contribution in [0.4, 0.5) is 5.13 Å². The van der Waals surface area contributed by atoms with Gasteiger partial charge in [-0.2, -0.15) is 5.10 Å².